The molecular formula is C15H28N2O3. The molecule has 0 aliphatic heterocycles. The summed E-state index contributed by atoms with van der Waals surface area (Å²) in [4.78, 5) is 25.0. The van der Waals surface area contributed by atoms with Crippen LogP contribution in [-0.4, -0.2) is 41.1 Å². The van der Waals surface area contributed by atoms with Crippen LogP contribution in [0.2, 0.25) is 0 Å². The monoisotopic (exact) mass is 284 g/mol. The first-order valence-electron chi connectivity index (χ1n) is 7.74. The maximum atomic E-state index is 12.2. The molecule has 2 amide bonds. The van der Waals surface area contributed by atoms with Gasteiger partial charge in [-0.15, -0.1) is 0 Å². The van der Waals surface area contributed by atoms with E-state index in [2.05, 4.69) is 12.2 Å². The summed E-state index contributed by atoms with van der Waals surface area (Å²) in [6.07, 6.45) is 7.91. The number of carboxylic acid groups (broad SMARTS) is 1. The summed E-state index contributed by atoms with van der Waals surface area (Å²) in [7, 11) is 1.78. The Morgan fingerprint density at radius 2 is 1.85 bits per heavy atom. The second-order valence-electron chi connectivity index (χ2n) is 5.97. The topological polar surface area (TPSA) is 69.6 Å². The minimum Gasteiger partial charge on any atom is -0.481 e. The molecule has 0 spiro atoms. The molecule has 0 saturated heterocycles. The number of urea groups is 1. The predicted molar refractivity (Wildman–Crippen MR) is 78.8 cm³/mol. The Kier molecular flexibility index (Phi) is 6.82. The van der Waals surface area contributed by atoms with Crippen LogP contribution in [0.25, 0.3) is 0 Å². The Bertz CT molecular complexity index is 325. The van der Waals surface area contributed by atoms with Crippen molar-refractivity contribution in [3.05, 3.63) is 0 Å². The molecule has 1 fully saturated rings. The zero-order valence-corrected chi connectivity index (χ0v) is 12.8. The molecule has 0 bridgehead atoms. The largest absolute Gasteiger partial charge is 0.481 e. The van der Waals surface area contributed by atoms with E-state index in [0.29, 0.717) is 0 Å². The number of rotatable bonds is 7. The highest BCUT2D eigenvalue weighted by Crippen LogP contribution is 2.31. The molecule has 1 aliphatic rings. The van der Waals surface area contributed by atoms with Gasteiger partial charge >= 0.3 is 12.0 Å². The van der Waals surface area contributed by atoms with Crippen LogP contribution < -0.4 is 5.32 Å². The quantitative estimate of drug-likeness (QED) is 0.706. The molecule has 0 aromatic heterocycles. The van der Waals surface area contributed by atoms with Crippen LogP contribution in [0.3, 0.4) is 0 Å². The Balaban J connectivity index is 2.55. The predicted octanol–water partition coefficient (Wildman–Crippen LogP) is 3.00. The van der Waals surface area contributed by atoms with Gasteiger partial charge in [-0.2, -0.15) is 0 Å². The van der Waals surface area contributed by atoms with Crippen molar-refractivity contribution >= 4 is 12.0 Å². The summed E-state index contributed by atoms with van der Waals surface area (Å²) in [5.74, 6) is -0.833. The van der Waals surface area contributed by atoms with Crippen molar-refractivity contribution in [2.24, 2.45) is 0 Å². The van der Waals surface area contributed by atoms with Crippen molar-refractivity contribution in [2.75, 3.05) is 13.6 Å². The van der Waals surface area contributed by atoms with Crippen molar-refractivity contribution in [2.45, 2.75) is 70.3 Å². The summed E-state index contributed by atoms with van der Waals surface area (Å²) < 4.78 is 0. The molecular weight excluding hydrogens is 256 g/mol. The Morgan fingerprint density at radius 3 is 2.40 bits per heavy atom. The molecule has 116 valence electrons. The van der Waals surface area contributed by atoms with Gasteiger partial charge in [-0.25, -0.2) is 4.79 Å². The van der Waals surface area contributed by atoms with Crippen molar-refractivity contribution < 1.29 is 14.7 Å². The van der Waals surface area contributed by atoms with Crippen LogP contribution in [0.15, 0.2) is 0 Å². The summed E-state index contributed by atoms with van der Waals surface area (Å²) >= 11 is 0. The van der Waals surface area contributed by atoms with Gasteiger partial charge in [0.15, 0.2) is 0 Å². The number of carbonyl (C=O) groups is 2. The smallest absolute Gasteiger partial charge is 0.317 e. The SMILES string of the molecule is CCCCCN(C)C(=O)NC1(CC(=O)O)CCCCC1. The normalized spacial score (nSPS) is 17.5. The van der Waals surface area contributed by atoms with Crippen LogP contribution in [0.5, 0.6) is 0 Å². The van der Waals surface area contributed by atoms with E-state index in [9.17, 15) is 9.59 Å². The zero-order valence-electron chi connectivity index (χ0n) is 12.8. The molecule has 5 heteroatoms. The first-order valence-corrected chi connectivity index (χ1v) is 7.74. The number of nitrogens with zero attached hydrogens (tertiary/aromatic N) is 1. The Hall–Kier alpha value is -1.26. The third-order valence-electron chi connectivity index (χ3n) is 4.12. The van der Waals surface area contributed by atoms with Gasteiger partial charge in [-0.1, -0.05) is 39.0 Å². The van der Waals surface area contributed by atoms with Crippen molar-refractivity contribution in [3.63, 3.8) is 0 Å². The molecule has 0 atom stereocenters. The van der Waals surface area contributed by atoms with Gasteiger partial charge in [0.25, 0.3) is 0 Å². The third kappa shape index (κ3) is 5.39. The highest BCUT2D eigenvalue weighted by Gasteiger charge is 2.36. The Morgan fingerprint density at radius 1 is 1.20 bits per heavy atom. The van der Waals surface area contributed by atoms with E-state index in [0.717, 1.165) is 57.9 Å². The first kappa shape index (κ1) is 16.8. The van der Waals surface area contributed by atoms with Crippen molar-refractivity contribution in [1.29, 1.82) is 0 Å². The number of unbranched alkanes of at least 4 members (excludes halogenated alkanes) is 2. The molecule has 1 aliphatic carbocycles. The fourth-order valence-corrected chi connectivity index (χ4v) is 2.89. The van der Waals surface area contributed by atoms with E-state index in [4.69, 9.17) is 5.11 Å². The summed E-state index contributed by atoms with van der Waals surface area (Å²) in [5, 5.41) is 12.1. The van der Waals surface area contributed by atoms with Crippen molar-refractivity contribution in [1.82, 2.24) is 10.2 Å². The summed E-state index contributed by atoms with van der Waals surface area (Å²) in [6.45, 7) is 2.85. The lowest BCUT2D eigenvalue weighted by Gasteiger charge is -2.38. The lowest BCUT2D eigenvalue weighted by Crippen LogP contribution is -2.54. The fourth-order valence-electron chi connectivity index (χ4n) is 2.89. The van der Waals surface area contributed by atoms with E-state index in [-0.39, 0.29) is 12.5 Å². The van der Waals surface area contributed by atoms with Gasteiger partial charge in [0.2, 0.25) is 0 Å². The van der Waals surface area contributed by atoms with Gasteiger partial charge in [0, 0.05) is 13.6 Å². The standard InChI is InChI=1S/C15H28N2O3/c1-3-4-8-11-17(2)14(20)16-15(12-13(18)19)9-6-5-7-10-15/h3-12H2,1-2H3,(H,16,20)(H,18,19). The van der Waals surface area contributed by atoms with Crippen LogP contribution in [-0.2, 0) is 4.79 Å². The van der Waals surface area contributed by atoms with Gasteiger partial charge in [-0.05, 0) is 19.3 Å². The number of hydrogen-bond donors (Lipinski definition) is 2. The van der Waals surface area contributed by atoms with E-state index in [1.165, 1.54) is 0 Å². The number of carbonyl (C=O) groups excluding carboxylic acids is 1. The molecule has 20 heavy (non-hydrogen) atoms. The maximum Gasteiger partial charge on any atom is 0.317 e. The van der Waals surface area contributed by atoms with E-state index in [1.54, 1.807) is 11.9 Å². The van der Waals surface area contributed by atoms with E-state index < -0.39 is 11.5 Å². The minimum absolute atomic E-state index is 0.0293. The molecule has 0 unspecified atom stereocenters. The molecule has 5 nitrogen and oxygen atoms in total. The lowest BCUT2D eigenvalue weighted by atomic mass is 9.79. The number of amides is 2. The summed E-state index contributed by atoms with van der Waals surface area (Å²) in [5.41, 5.74) is -0.541. The lowest BCUT2D eigenvalue weighted by molar-refractivity contribution is -0.139. The molecule has 0 aromatic carbocycles. The summed E-state index contributed by atoms with van der Waals surface area (Å²) in [6, 6.07) is -0.135. The fraction of sp³-hybridized carbons (Fsp3) is 0.867. The van der Waals surface area contributed by atoms with Crippen LogP contribution in [0.1, 0.15) is 64.7 Å². The van der Waals surface area contributed by atoms with Crippen molar-refractivity contribution in [3.8, 4) is 0 Å². The van der Waals surface area contributed by atoms with Crippen LogP contribution in [0.4, 0.5) is 4.79 Å². The highest BCUT2D eigenvalue weighted by atomic mass is 16.4. The van der Waals surface area contributed by atoms with Gasteiger partial charge in [-0.3, -0.25) is 4.79 Å². The van der Waals surface area contributed by atoms with Gasteiger partial charge in [0.05, 0.1) is 12.0 Å². The minimum atomic E-state index is -0.833. The van der Waals surface area contributed by atoms with Gasteiger partial charge in [0.1, 0.15) is 0 Å². The molecule has 1 saturated carbocycles. The Labute approximate surface area is 121 Å². The molecule has 2 N–H and O–H groups in total. The molecule has 0 heterocycles. The highest BCUT2D eigenvalue weighted by molar-refractivity contribution is 5.76. The second-order valence-corrected chi connectivity index (χ2v) is 5.97. The van der Waals surface area contributed by atoms with Crippen LogP contribution >= 0.6 is 0 Å². The molecule has 0 radical (unpaired) electrons. The van der Waals surface area contributed by atoms with E-state index in [1.807, 2.05) is 0 Å². The first-order chi connectivity index (χ1) is 9.49. The number of carboxylic acids is 1. The van der Waals surface area contributed by atoms with Gasteiger partial charge < -0.3 is 15.3 Å². The average molecular weight is 284 g/mol. The van der Waals surface area contributed by atoms with Crippen LogP contribution in [0, 0.1) is 0 Å². The number of nitrogens with one attached hydrogen (secondary N) is 1. The maximum absolute atomic E-state index is 12.2. The van der Waals surface area contributed by atoms with E-state index >= 15 is 0 Å². The third-order valence-corrected chi connectivity index (χ3v) is 4.12. The number of aliphatic carboxylic acids is 1. The average Bonchev–Trinajstić information content (AvgIpc) is 2.38. The molecule has 1 rings (SSSR count). The number of hydrogen-bond acceptors (Lipinski definition) is 2. The molecule has 0 aromatic rings. The zero-order chi connectivity index (χ0) is 15.0. The second kappa shape index (κ2) is 8.12.